The topological polar surface area (TPSA) is 60.4 Å². The molecule has 0 radical (unpaired) electrons. The van der Waals surface area contributed by atoms with Crippen LogP contribution >= 0.6 is 0 Å². The molecule has 0 saturated carbocycles. The number of methoxy groups -OCH3 is 2. The third-order valence-electron chi connectivity index (χ3n) is 5.05. The fourth-order valence-electron chi connectivity index (χ4n) is 3.56. The molecule has 0 bridgehead atoms. The van der Waals surface area contributed by atoms with Crippen molar-refractivity contribution < 1.29 is 19.0 Å². The number of aliphatic imine (C=N–C) groups is 1. The van der Waals surface area contributed by atoms with Crippen LogP contribution in [-0.2, 0) is 4.79 Å². The maximum absolute atomic E-state index is 13.5. The maximum atomic E-state index is 13.5. The standard InChI is InChI=1S/C26H24N2O4/c1-4-32-20-15-13-19(14-16-20)28-25(21-10-6-8-12-24(21)31-3)27-22(26(28)29)17-18-9-5-7-11-23(18)30-2/h5-17H,4H2,1-3H3/b22-17+. The number of ether oxygens (including phenoxy) is 3. The van der Waals surface area contributed by atoms with Gasteiger partial charge in [0, 0.05) is 5.56 Å². The monoisotopic (exact) mass is 428 g/mol. The van der Waals surface area contributed by atoms with Crippen LogP contribution in [-0.4, -0.2) is 32.6 Å². The van der Waals surface area contributed by atoms with E-state index in [1.807, 2.05) is 79.7 Å². The van der Waals surface area contributed by atoms with Crippen LogP contribution in [0, 0.1) is 0 Å². The number of para-hydroxylation sites is 2. The lowest BCUT2D eigenvalue weighted by Crippen LogP contribution is -2.32. The predicted molar refractivity (Wildman–Crippen MR) is 126 cm³/mol. The number of anilines is 1. The Hall–Kier alpha value is -4.06. The number of nitrogens with zero attached hydrogens (tertiary/aromatic N) is 2. The van der Waals surface area contributed by atoms with E-state index in [1.54, 1.807) is 25.2 Å². The normalized spacial score (nSPS) is 14.5. The van der Waals surface area contributed by atoms with Crippen molar-refractivity contribution in [3.8, 4) is 17.2 Å². The molecule has 6 nitrogen and oxygen atoms in total. The second-order valence-corrected chi connectivity index (χ2v) is 6.97. The minimum Gasteiger partial charge on any atom is -0.496 e. The van der Waals surface area contributed by atoms with E-state index >= 15 is 0 Å². The second kappa shape index (κ2) is 9.39. The van der Waals surface area contributed by atoms with Crippen LogP contribution in [0.3, 0.4) is 0 Å². The summed E-state index contributed by atoms with van der Waals surface area (Å²) in [5.41, 5.74) is 2.49. The van der Waals surface area contributed by atoms with Gasteiger partial charge in [0.15, 0.2) is 5.84 Å². The molecule has 0 atom stereocenters. The van der Waals surface area contributed by atoms with Crippen molar-refractivity contribution in [1.82, 2.24) is 0 Å². The summed E-state index contributed by atoms with van der Waals surface area (Å²) < 4.78 is 16.5. The highest BCUT2D eigenvalue weighted by Gasteiger charge is 2.34. The Balaban J connectivity index is 1.83. The molecule has 1 amide bonds. The zero-order chi connectivity index (χ0) is 22.5. The number of hydrogen-bond acceptors (Lipinski definition) is 5. The van der Waals surface area contributed by atoms with Crippen molar-refractivity contribution >= 4 is 23.5 Å². The molecule has 4 rings (SSSR count). The Morgan fingerprint density at radius 1 is 0.875 bits per heavy atom. The molecular formula is C26H24N2O4. The number of amides is 1. The molecule has 0 unspecified atom stereocenters. The van der Waals surface area contributed by atoms with Crippen LogP contribution in [0.4, 0.5) is 5.69 Å². The molecule has 1 aliphatic rings. The molecule has 3 aromatic carbocycles. The first-order chi connectivity index (χ1) is 15.7. The summed E-state index contributed by atoms with van der Waals surface area (Å²) in [6, 6.07) is 22.4. The molecule has 32 heavy (non-hydrogen) atoms. The van der Waals surface area contributed by atoms with Gasteiger partial charge in [-0.25, -0.2) is 4.99 Å². The van der Waals surface area contributed by atoms with Gasteiger partial charge in [0.2, 0.25) is 0 Å². The third kappa shape index (κ3) is 4.07. The van der Waals surface area contributed by atoms with Crippen LogP contribution in [0.1, 0.15) is 18.1 Å². The molecule has 0 saturated heterocycles. The highest BCUT2D eigenvalue weighted by atomic mass is 16.5. The smallest absolute Gasteiger partial charge is 0.282 e. The maximum Gasteiger partial charge on any atom is 0.282 e. The highest BCUT2D eigenvalue weighted by Crippen LogP contribution is 2.33. The SMILES string of the molecule is CCOc1ccc(N2C(=O)/C(=C\c3ccccc3OC)N=C2c2ccccc2OC)cc1. The van der Waals surface area contributed by atoms with E-state index in [4.69, 9.17) is 19.2 Å². The molecule has 1 heterocycles. The molecule has 3 aromatic rings. The lowest BCUT2D eigenvalue weighted by Gasteiger charge is -2.20. The van der Waals surface area contributed by atoms with Gasteiger partial charge >= 0.3 is 0 Å². The van der Waals surface area contributed by atoms with Crippen LogP contribution in [0.25, 0.3) is 6.08 Å². The lowest BCUT2D eigenvalue weighted by molar-refractivity contribution is -0.113. The van der Waals surface area contributed by atoms with E-state index in [-0.39, 0.29) is 5.91 Å². The van der Waals surface area contributed by atoms with Crippen molar-refractivity contribution in [2.45, 2.75) is 6.92 Å². The highest BCUT2D eigenvalue weighted by molar-refractivity contribution is 6.33. The van der Waals surface area contributed by atoms with Gasteiger partial charge in [-0.05, 0) is 55.5 Å². The second-order valence-electron chi connectivity index (χ2n) is 6.97. The van der Waals surface area contributed by atoms with Crippen molar-refractivity contribution in [2.24, 2.45) is 4.99 Å². The molecule has 0 aromatic heterocycles. The summed E-state index contributed by atoms with van der Waals surface area (Å²) in [5.74, 6) is 2.30. The summed E-state index contributed by atoms with van der Waals surface area (Å²) in [7, 11) is 3.20. The van der Waals surface area contributed by atoms with E-state index in [1.165, 1.54) is 0 Å². The minimum atomic E-state index is -0.235. The Bertz CT molecular complexity index is 1180. The number of hydrogen-bond donors (Lipinski definition) is 0. The van der Waals surface area contributed by atoms with Gasteiger partial charge in [-0.2, -0.15) is 0 Å². The first-order valence-electron chi connectivity index (χ1n) is 10.3. The fourth-order valence-corrected chi connectivity index (χ4v) is 3.56. The fraction of sp³-hybridized carbons (Fsp3) is 0.154. The van der Waals surface area contributed by atoms with Gasteiger partial charge in [-0.3, -0.25) is 9.69 Å². The molecular weight excluding hydrogens is 404 g/mol. The minimum absolute atomic E-state index is 0.235. The Morgan fingerprint density at radius 3 is 2.22 bits per heavy atom. The van der Waals surface area contributed by atoms with E-state index in [0.29, 0.717) is 35.3 Å². The number of benzene rings is 3. The summed E-state index contributed by atoms with van der Waals surface area (Å²) in [5, 5.41) is 0. The third-order valence-corrected chi connectivity index (χ3v) is 5.05. The van der Waals surface area contributed by atoms with Gasteiger partial charge in [0.25, 0.3) is 5.91 Å². The van der Waals surface area contributed by atoms with Crippen molar-refractivity contribution in [3.05, 3.63) is 89.6 Å². The molecule has 0 fully saturated rings. The Morgan fingerprint density at radius 2 is 1.53 bits per heavy atom. The average molecular weight is 428 g/mol. The average Bonchev–Trinajstić information content (AvgIpc) is 3.15. The van der Waals surface area contributed by atoms with Gasteiger partial charge in [0.05, 0.1) is 32.1 Å². The number of carbonyl (C=O) groups excluding carboxylic acids is 1. The van der Waals surface area contributed by atoms with Gasteiger partial charge < -0.3 is 14.2 Å². The van der Waals surface area contributed by atoms with Crippen LogP contribution < -0.4 is 19.1 Å². The predicted octanol–water partition coefficient (Wildman–Crippen LogP) is 4.94. The summed E-state index contributed by atoms with van der Waals surface area (Å²) in [4.78, 5) is 19.8. The Labute approximate surface area is 187 Å². The van der Waals surface area contributed by atoms with E-state index in [2.05, 4.69) is 0 Å². The van der Waals surface area contributed by atoms with Crippen LogP contribution in [0.2, 0.25) is 0 Å². The molecule has 6 heteroatoms. The number of carbonyl (C=O) groups is 1. The van der Waals surface area contributed by atoms with Gasteiger partial charge in [-0.1, -0.05) is 30.3 Å². The first-order valence-corrected chi connectivity index (χ1v) is 10.3. The lowest BCUT2D eigenvalue weighted by atomic mass is 10.1. The molecule has 162 valence electrons. The van der Waals surface area contributed by atoms with Crippen molar-refractivity contribution in [1.29, 1.82) is 0 Å². The Kier molecular flexibility index (Phi) is 6.22. The quantitative estimate of drug-likeness (QED) is 0.500. The van der Waals surface area contributed by atoms with E-state index in [0.717, 1.165) is 16.9 Å². The van der Waals surface area contributed by atoms with Crippen LogP contribution in [0.15, 0.2) is 83.5 Å². The van der Waals surface area contributed by atoms with Gasteiger partial charge in [-0.15, -0.1) is 0 Å². The molecule has 1 aliphatic heterocycles. The largest absolute Gasteiger partial charge is 0.496 e. The zero-order valence-corrected chi connectivity index (χ0v) is 18.2. The summed E-state index contributed by atoms with van der Waals surface area (Å²) in [6.45, 7) is 2.50. The number of amidine groups is 1. The van der Waals surface area contributed by atoms with Gasteiger partial charge in [0.1, 0.15) is 22.9 Å². The molecule has 0 N–H and O–H groups in total. The number of rotatable bonds is 7. The van der Waals surface area contributed by atoms with E-state index in [9.17, 15) is 4.79 Å². The first kappa shape index (κ1) is 21.2. The van der Waals surface area contributed by atoms with Crippen molar-refractivity contribution in [2.75, 3.05) is 25.7 Å². The summed E-state index contributed by atoms with van der Waals surface area (Å²) in [6.07, 6.45) is 1.74. The van der Waals surface area contributed by atoms with Crippen LogP contribution in [0.5, 0.6) is 17.2 Å². The van der Waals surface area contributed by atoms with Crippen molar-refractivity contribution in [3.63, 3.8) is 0 Å². The summed E-state index contributed by atoms with van der Waals surface area (Å²) >= 11 is 0. The molecule has 0 aliphatic carbocycles. The molecule has 0 spiro atoms. The zero-order valence-electron chi connectivity index (χ0n) is 18.2. The van der Waals surface area contributed by atoms with E-state index < -0.39 is 0 Å².